The van der Waals surface area contributed by atoms with Crippen LogP contribution in [0, 0.1) is 0 Å². The van der Waals surface area contributed by atoms with Crippen molar-refractivity contribution in [2.45, 2.75) is 110 Å². The Hall–Kier alpha value is -1.54. The number of hydrogen-bond donors (Lipinski definition) is 1. The zero-order chi connectivity index (χ0) is 22.6. The molecule has 170 valence electrons. The van der Waals surface area contributed by atoms with E-state index in [4.69, 9.17) is 14.0 Å². The van der Waals surface area contributed by atoms with E-state index in [9.17, 15) is 4.79 Å². The van der Waals surface area contributed by atoms with Crippen molar-refractivity contribution in [3.05, 3.63) is 12.4 Å². The van der Waals surface area contributed by atoms with Crippen molar-refractivity contribution in [1.29, 1.82) is 0 Å². The summed E-state index contributed by atoms with van der Waals surface area (Å²) in [4.78, 5) is 11.8. The Kier molecular flexibility index (Phi) is 8.02. The maximum atomic E-state index is 11.8. The quantitative estimate of drug-likeness (QED) is 0.477. The lowest BCUT2D eigenvalue weighted by atomic mass is 9.82. The molecule has 1 aliphatic heterocycles. The van der Waals surface area contributed by atoms with Gasteiger partial charge in [-0.3, -0.25) is 4.68 Å². The lowest BCUT2D eigenvalue weighted by molar-refractivity contribution is 0.00578. The number of aromatic nitrogens is 2. The van der Waals surface area contributed by atoms with Gasteiger partial charge in [-0.05, 0) is 67.7 Å². The first kappa shape index (κ1) is 24.7. The van der Waals surface area contributed by atoms with Crippen LogP contribution in [-0.4, -0.2) is 46.3 Å². The van der Waals surface area contributed by atoms with Gasteiger partial charge in [0.25, 0.3) is 0 Å². The van der Waals surface area contributed by atoms with Crippen LogP contribution in [0.25, 0.3) is 0 Å². The smallest absolute Gasteiger partial charge is 0.444 e. The molecule has 1 aromatic heterocycles. The maximum absolute atomic E-state index is 11.8. The van der Waals surface area contributed by atoms with E-state index in [1.165, 1.54) is 0 Å². The summed E-state index contributed by atoms with van der Waals surface area (Å²) in [7, 11) is -0.399. The Labute approximate surface area is 182 Å². The molecule has 0 bridgehead atoms. The average molecular weight is 421 g/mol. The molecule has 1 aliphatic rings. The van der Waals surface area contributed by atoms with Gasteiger partial charge in [0, 0.05) is 24.4 Å². The zero-order valence-electron chi connectivity index (χ0n) is 20.1. The second-order valence-corrected chi connectivity index (χ2v) is 10.2. The molecule has 1 fully saturated rings. The van der Waals surface area contributed by atoms with Crippen molar-refractivity contribution in [1.82, 2.24) is 15.1 Å². The third-order valence-electron chi connectivity index (χ3n) is 5.79. The zero-order valence-corrected chi connectivity index (χ0v) is 20.1. The first-order valence-corrected chi connectivity index (χ1v) is 11.2. The van der Waals surface area contributed by atoms with Crippen LogP contribution in [0.2, 0.25) is 0 Å². The monoisotopic (exact) mass is 421 g/mol. The number of hydrogen-bond acceptors (Lipinski definition) is 5. The molecule has 2 rings (SSSR count). The molecule has 1 N–H and O–H groups in total. The van der Waals surface area contributed by atoms with E-state index in [1.807, 2.05) is 37.8 Å². The van der Waals surface area contributed by atoms with E-state index < -0.39 is 12.7 Å². The highest BCUT2D eigenvalue weighted by molar-refractivity contribution is 6.62. The second-order valence-electron chi connectivity index (χ2n) is 10.2. The molecule has 0 spiro atoms. The minimum Gasteiger partial charge on any atom is -0.444 e. The fraction of sp³-hybridized carbons (Fsp3) is 0.818. The van der Waals surface area contributed by atoms with Gasteiger partial charge < -0.3 is 19.4 Å². The summed E-state index contributed by atoms with van der Waals surface area (Å²) in [6.45, 7) is 16.6. The lowest BCUT2D eigenvalue weighted by Gasteiger charge is -2.32. The van der Waals surface area contributed by atoms with Crippen molar-refractivity contribution in [2.75, 3.05) is 6.54 Å². The Morgan fingerprint density at radius 1 is 1.20 bits per heavy atom. The number of nitrogens with zero attached hydrogens (tertiary/aromatic N) is 2. The lowest BCUT2D eigenvalue weighted by Crippen LogP contribution is -2.41. The molecule has 0 radical (unpaired) electrons. The number of carbonyl (C=O) groups is 1. The van der Waals surface area contributed by atoms with Gasteiger partial charge in [0.05, 0.1) is 17.2 Å². The summed E-state index contributed by atoms with van der Waals surface area (Å²) >= 11 is 0. The van der Waals surface area contributed by atoms with Gasteiger partial charge in [0.15, 0.2) is 0 Å². The number of carbonyl (C=O) groups excluding carboxylic acids is 1. The van der Waals surface area contributed by atoms with E-state index in [2.05, 4.69) is 45.0 Å². The largest absolute Gasteiger partial charge is 0.498 e. The Balaban J connectivity index is 1.93. The van der Waals surface area contributed by atoms with Crippen LogP contribution in [-0.2, 0) is 14.0 Å². The predicted molar refractivity (Wildman–Crippen MR) is 120 cm³/mol. The van der Waals surface area contributed by atoms with Crippen molar-refractivity contribution in [3.8, 4) is 0 Å². The molecule has 0 saturated carbocycles. The maximum Gasteiger partial charge on any atom is 0.498 e. The number of rotatable bonds is 9. The SMILES string of the molecule is CCCCC(CCCNC(=O)OC(C)(C)C)n1cc(B2OC(C)(C)C(C)(C)O2)cn1. The molecule has 0 aliphatic carbocycles. The summed E-state index contributed by atoms with van der Waals surface area (Å²) in [6.07, 6.45) is 8.64. The summed E-state index contributed by atoms with van der Waals surface area (Å²) in [6, 6.07) is 0.279. The minimum absolute atomic E-state index is 0.279. The van der Waals surface area contributed by atoms with Gasteiger partial charge in [-0.2, -0.15) is 5.10 Å². The molecular weight excluding hydrogens is 381 g/mol. The Morgan fingerprint density at radius 3 is 2.37 bits per heavy atom. The highest BCUT2D eigenvalue weighted by Gasteiger charge is 2.52. The standard InChI is InChI=1S/C22H40BN3O4/c1-9-10-12-18(13-11-14-24-19(27)28-20(2,3)4)26-16-17(15-25-26)23-29-21(5,6)22(7,8)30-23/h15-16,18H,9-14H2,1-8H3,(H,24,27). The van der Waals surface area contributed by atoms with E-state index in [0.29, 0.717) is 6.54 Å². The van der Waals surface area contributed by atoms with E-state index in [0.717, 1.165) is 37.6 Å². The predicted octanol–water partition coefficient (Wildman–Crippen LogP) is 4.22. The molecular formula is C22H40BN3O4. The summed E-state index contributed by atoms with van der Waals surface area (Å²) in [5.41, 5.74) is -0.266. The molecule has 1 amide bonds. The van der Waals surface area contributed by atoms with Gasteiger partial charge in [-0.1, -0.05) is 19.8 Å². The Morgan fingerprint density at radius 2 is 1.80 bits per heavy atom. The van der Waals surface area contributed by atoms with Crippen molar-refractivity contribution >= 4 is 18.7 Å². The molecule has 8 heteroatoms. The topological polar surface area (TPSA) is 74.6 Å². The van der Waals surface area contributed by atoms with Crippen molar-refractivity contribution in [2.24, 2.45) is 0 Å². The van der Waals surface area contributed by atoms with Crippen LogP contribution in [0.4, 0.5) is 4.79 Å². The highest BCUT2D eigenvalue weighted by atomic mass is 16.7. The first-order valence-electron chi connectivity index (χ1n) is 11.2. The van der Waals surface area contributed by atoms with Gasteiger partial charge in [-0.25, -0.2) is 4.79 Å². The van der Waals surface area contributed by atoms with Gasteiger partial charge >= 0.3 is 13.2 Å². The van der Waals surface area contributed by atoms with Crippen molar-refractivity contribution in [3.63, 3.8) is 0 Å². The minimum atomic E-state index is -0.479. The number of ether oxygens (including phenoxy) is 1. The molecule has 1 saturated heterocycles. The van der Waals surface area contributed by atoms with Crippen LogP contribution in [0.3, 0.4) is 0 Å². The summed E-state index contributed by atoms with van der Waals surface area (Å²) < 4.78 is 19.6. The second kappa shape index (κ2) is 9.73. The number of amides is 1. The summed E-state index contributed by atoms with van der Waals surface area (Å²) in [5.74, 6) is 0. The van der Waals surface area contributed by atoms with Crippen molar-refractivity contribution < 1.29 is 18.8 Å². The number of alkyl carbamates (subject to hydrolysis) is 1. The van der Waals surface area contributed by atoms with Gasteiger partial charge in [0.1, 0.15) is 5.60 Å². The third kappa shape index (κ3) is 6.74. The average Bonchev–Trinajstić information content (AvgIpc) is 3.15. The van der Waals surface area contributed by atoms with E-state index >= 15 is 0 Å². The van der Waals surface area contributed by atoms with Crippen LogP contribution in [0.5, 0.6) is 0 Å². The van der Waals surface area contributed by atoms with Gasteiger partial charge in [-0.15, -0.1) is 0 Å². The molecule has 1 aromatic rings. The van der Waals surface area contributed by atoms with Crippen LogP contribution in [0.1, 0.15) is 93.5 Å². The molecule has 2 heterocycles. The molecule has 0 aromatic carbocycles. The molecule has 30 heavy (non-hydrogen) atoms. The fourth-order valence-electron chi connectivity index (χ4n) is 3.34. The fourth-order valence-corrected chi connectivity index (χ4v) is 3.34. The molecule has 1 atom stereocenters. The molecule has 1 unspecified atom stereocenters. The Bertz CT molecular complexity index is 681. The van der Waals surface area contributed by atoms with E-state index in [-0.39, 0.29) is 23.3 Å². The van der Waals surface area contributed by atoms with E-state index in [1.54, 1.807) is 0 Å². The third-order valence-corrected chi connectivity index (χ3v) is 5.79. The number of nitrogens with one attached hydrogen (secondary N) is 1. The van der Waals surface area contributed by atoms with Crippen LogP contribution >= 0.6 is 0 Å². The molecule has 7 nitrogen and oxygen atoms in total. The highest BCUT2D eigenvalue weighted by Crippen LogP contribution is 2.36. The normalized spacial score (nSPS) is 19.0. The van der Waals surface area contributed by atoms with Crippen LogP contribution < -0.4 is 10.8 Å². The van der Waals surface area contributed by atoms with Gasteiger partial charge in [0.2, 0.25) is 0 Å². The summed E-state index contributed by atoms with van der Waals surface area (Å²) in [5, 5.41) is 7.46. The number of unbranched alkanes of at least 4 members (excludes halogenated alkanes) is 1. The first-order chi connectivity index (χ1) is 13.8. The van der Waals surface area contributed by atoms with Crippen LogP contribution in [0.15, 0.2) is 12.4 Å².